The molecular formula is C23H22FN4O9P-2. The first-order valence-corrected chi connectivity index (χ1v) is 12.5. The largest absolute Gasteiger partial charge is 0.790 e. The van der Waals surface area contributed by atoms with E-state index < -0.39 is 31.9 Å². The fourth-order valence-electron chi connectivity index (χ4n) is 3.81. The van der Waals surface area contributed by atoms with E-state index in [1.54, 1.807) is 0 Å². The number of benzene rings is 1. The number of hydrogen-bond acceptors (Lipinski definition) is 12. The average molecular weight is 548 g/mol. The number of fused-ring (bicyclic) bond motifs is 1. The van der Waals surface area contributed by atoms with Gasteiger partial charge in [-0.1, -0.05) is 0 Å². The lowest BCUT2D eigenvalue weighted by Crippen LogP contribution is -2.53. The monoisotopic (exact) mass is 548 g/mol. The van der Waals surface area contributed by atoms with Crippen LogP contribution in [0.25, 0.3) is 0 Å². The van der Waals surface area contributed by atoms with Crippen molar-refractivity contribution in [3.05, 3.63) is 59.1 Å². The maximum atomic E-state index is 14.6. The zero-order valence-corrected chi connectivity index (χ0v) is 21.3. The molecule has 3 aromatic rings. The van der Waals surface area contributed by atoms with E-state index in [9.17, 15) is 33.7 Å². The van der Waals surface area contributed by atoms with Gasteiger partial charge in [-0.05, 0) is 43.7 Å². The summed E-state index contributed by atoms with van der Waals surface area (Å²) in [5, 5.41) is 20.0. The van der Waals surface area contributed by atoms with E-state index in [0.29, 0.717) is 5.56 Å². The van der Waals surface area contributed by atoms with E-state index in [1.165, 1.54) is 45.2 Å². The maximum Gasteiger partial charge on any atom is 0.273 e. The van der Waals surface area contributed by atoms with Gasteiger partial charge in [-0.2, -0.15) is 0 Å². The highest BCUT2D eigenvalue weighted by molar-refractivity contribution is 7.43. The quantitative estimate of drug-likeness (QED) is 0.379. The van der Waals surface area contributed by atoms with Crippen molar-refractivity contribution < 1.29 is 47.7 Å². The maximum absolute atomic E-state index is 14.6. The molecule has 2 aromatic heterocycles. The minimum Gasteiger partial charge on any atom is -0.790 e. The second-order valence-electron chi connectivity index (χ2n) is 8.78. The van der Waals surface area contributed by atoms with Crippen molar-refractivity contribution in [1.29, 1.82) is 0 Å². The molecule has 1 amide bonds. The Morgan fingerprint density at radius 1 is 1.16 bits per heavy atom. The molecule has 0 spiro atoms. The van der Waals surface area contributed by atoms with E-state index >= 15 is 0 Å². The summed E-state index contributed by atoms with van der Waals surface area (Å²) in [6.45, 7) is 1.99. The van der Waals surface area contributed by atoms with Crippen LogP contribution in [0.3, 0.4) is 0 Å². The number of phosphoric acid groups is 1. The fraction of sp³-hybridized carbons (Fsp3) is 0.304. The Labute approximate surface area is 215 Å². The molecule has 0 bridgehead atoms. The fourth-order valence-corrected chi connectivity index (χ4v) is 4.06. The van der Waals surface area contributed by atoms with E-state index in [0.717, 1.165) is 11.1 Å². The number of pyridine rings is 1. The van der Waals surface area contributed by atoms with E-state index in [-0.39, 0.29) is 58.9 Å². The smallest absolute Gasteiger partial charge is 0.273 e. The van der Waals surface area contributed by atoms with E-state index in [4.69, 9.17) is 9.47 Å². The molecular weight excluding hydrogens is 526 g/mol. The highest BCUT2D eigenvalue weighted by atomic mass is 31.2. The van der Waals surface area contributed by atoms with E-state index in [2.05, 4.69) is 19.5 Å². The second-order valence-corrected chi connectivity index (χ2v) is 9.93. The molecule has 0 saturated heterocycles. The van der Waals surface area contributed by atoms with Crippen molar-refractivity contribution in [3.8, 4) is 23.0 Å². The number of hydrogen-bond donors (Lipinski definition) is 2. The topological polar surface area (TPSA) is 190 Å². The Kier molecular flexibility index (Phi) is 7.26. The predicted molar refractivity (Wildman–Crippen MR) is 124 cm³/mol. The first-order chi connectivity index (χ1) is 17.8. The lowest BCUT2D eigenvalue weighted by molar-refractivity contribution is -0.341. The van der Waals surface area contributed by atoms with Gasteiger partial charge in [0.2, 0.25) is 5.75 Å². The summed E-state index contributed by atoms with van der Waals surface area (Å²) in [7, 11) is -4.11. The highest BCUT2D eigenvalue weighted by Crippen LogP contribution is 2.39. The number of anilines is 1. The summed E-state index contributed by atoms with van der Waals surface area (Å²) in [5.74, 6) is -1.92. The number of carbonyl (C=O) groups is 1. The number of aromatic hydroxyl groups is 2. The molecule has 1 aliphatic heterocycles. The molecule has 13 nitrogen and oxygen atoms in total. The number of nitrogens with zero attached hydrogens (tertiary/aromatic N) is 4. The minimum atomic E-state index is -5.40. The number of rotatable bonds is 8. The number of methoxy groups -OCH3 is 1. The third-order valence-corrected chi connectivity index (χ3v) is 5.95. The summed E-state index contributed by atoms with van der Waals surface area (Å²) in [6, 6.07) is 5.69. The number of ether oxygens (including phenoxy) is 2. The van der Waals surface area contributed by atoms with Crippen LogP contribution in [-0.4, -0.2) is 50.5 Å². The van der Waals surface area contributed by atoms with Crippen LogP contribution in [-0.2, 0) is 26.7 Å². The van der Waals surface area contributed by atoms with Crippen LogP contribution in [0.5, 0.6) is 23.0 Å². The molecule has 0 aliphatic carbocycles. The van der Waals surface area contributed by atoms with Crippen LogP contribution in [0.4, 0.5) is 10.2 Å². The Hall–Kier alpha value is -3.84. The summed E-state index contributed by atoms with van der Waals surface area (Å²) in [6.07, 6.45) is 0.860. The van der Waals surface area contributed by atoms with Crippen LogP contribution in [0, 0.1) is 5.82 Å². The molecule has 15 heteroatoms. The molecule has 1 aliphatic rings. The third kappa shape index (κ3) is 5.83. The molecule has 0 radical (unpaired) electrons. The van der Waals surface area contributed by atoms with Gasteiger partial charge in [0, 0.05) is 18.5 Å². The van der Waals surface area contributed by atoms with Crippen molar-refractivity contribution in [2.75, 3.05) is 18.7 Å². The van der Waals surface area contributed by atoms with E-state index in [1.807, 2.05) is 0 Å². The van der Waals surface area contributed by atoms with Crippen molar-refractivity contribution in [2.24, 2.45) is 0 Å². The van der Waals surface area contributed by atoms with Gasteiger partial charge in [0.25, 0.3) is 5.91 Å². The zero-order chi connectivity index (χ0) is 27.8. The highest BCUT2D eigenvalue weighted by Gasteiger charge is 2.42. The van der Waals surface area contributed by atoms with Crippen molar-refractivity contribution in [1.82, 2.24) is 15.0 Å². The number of carbonyl (C=O) groups excluding carboxylic acids is 1. The van der Waals surface area contributed by atoms with Crippen LogP contribution in [0.2, 0.25) is 0 Å². The summed E-state index contributed by atoms with van der Waals surface area (Å²) in [4.78, 5) is 48.2. The molecule has 2 N–H and O–H groups in total. The van der Waals surface area contributed by atoms with Crippen LogP contribution in [0.15, 0.2) is 30.5 Å². The van der Waals surface area contributed by atoms with Gasteiger partial charge in [-0.25, -0.2) is 19.3 Å². The molecule has 202 valence electrons. The number of halogens is 1. The third-order valence-electron chi connectivity index (χ3n) is 5.51. The summed E-state index contributed by atoms with van der Waals surface area (Å²) < 4.78 is 40.5. The van der Waals surface area contributed by atoms with Gasteiger partial charge in [0.05, 0.1) is 26.8 Å². The lowest BCUT2D eigenvalue weighted by Gasteiger charge is -2.39. The average Bonchev–Trinajstić information content (AvgIpc) is 2.81. The van der Waals surface area contributed by atoms with Gasteiger partial charge in [0.1, 0.15) is 12.6 Å². The van der Waals surface area contributed by atoms with Crippen molar-refractivity contribution in [2.45, 2.75) is 32.3 Å². The Morgan fingerprint density at radius 2 is 1.84 bits per heavy atom. The lowest BCUT2D eigenvalue weighted by atomic mass is 10.1. The molecule has 1 aromatic carbocycles. The van der Waals surface area contributed by atoms with Gasteiger partial charge >= 0.3 is 0 Å². The normalized spacial score (nSPS) is 14.7. The number of phenols is 2. The number of aromatic nitrogens is 3. The van der Waals surface area contributed by atoms with Crippen molar-refractivity contribution >= 4 is 19.5 Å². The predicted octanol–water partition coefficient (Wildman–Crippen LogP) is 0.919. The van der Waals surface area contributed by atoms with Crippen LogP contribution < -0.4 is 24.2 Å². The number of phenolic OH excluding ortho intramolecular Hbond substituents is 2. The molecule has 0 unspecified atom stereocenters. The number of phosphoric ester groups is 1. The van der Waals surface area contributed by atoms with Gasteiger partial charge in [-0.15, -0.1) is 0 Å². The second kappa shape index (κ2) is 10.1. The summed E-state index contributed by atoms with van der Waals surface area (Å²) in [5.41, 5.74) is -0.763. The van der Waals surface area contributed by atoms with Crippen molar-refractivity contribution in [3.63, 3.8) is 0 Å². The standard InChI is InChI=1S/C23H24FN4O9P/c1-23(2)22(31)28(11-36-38(32,33)34)21-18(37-23)5-4-13(26-21)9-15-14(24)10-25-19(27-15)8-12-6-16(29)20(35-3)17(30)7-12/h4-7,10,29-30H,8-9,11H2,1-3H3,(H2,32,33,34)/p-2. The number of amides is 1. The zero-order valence-electron chi connectivity index (χ0n) is 20.4. The minimum absolute atomic E-state index is 0.0424. The Bertz CT molecular complexity index is 1420. The SMILES string of the molecule is COc1c(O)cc(Cc2ncc(F)c(Cc3ccc4c(n3)N(COP(=O)([O-])[O-])C(=O)C(C)(C)O4)n2)cc1O. The van der Waals surface area contributed by atoms with Gasteiger partial charge in [-0.3, -0.25) is 9.69 Å². The molecule has 4 rings (SSSR count). The van der Waals surface area contributed by atoms with Gasteiger partial charge < -0.3 is 38.6 Å². The molecule has 0 fully saturated rings. The Morgan fingerprint density at radius 3 is 2.47 bits per heavy atom. The van der Waals surface area contributed by atoms with Crippen LogP contribution in [0.1, 0.15) is 36.6 Å². The first kappa shape index (κ1) is 27.2. The van der Waals surface area contributed by atoms with Gasteiger partial charge in [0.15, 0.2) is 34.5 Å². The molecule has 3 heterocycles. The summed E-state index contributed by atoms with van der Waals surface area (Å²) >= 11 is 0. The molecule has 0 atom stereocenters. The molecule has 0 saturated carbocycles. The Balaban J connectivity index is 1.61. The van der Waals surface area contributed by atoms with Crippen LogP contribution >= 0.6 is 7.82 Å². The molecule has 38 heavy (non-hydrogen) atoms. The first-order valence-electron chi connectivity index (χ1n) is 11.0.